The van der Waals surface area contributed by atoms with Crippen molar-refractivity contribution in [2.45, 2.75) is 24.8 Å². The lowest BCUT2D eigenvalue weighted by molar-refractivity contribution is -0.141. The number of rotatable bonds is 5. The van der Waals surface area contributed by atoms with E-state index in [4.69, 9.17) is 11.6 Å². The van der Waals surface area contributed by atoms with Crippen LogP contribution in [0.15, 0.2) is 23.1 Å². The molecule has 1 aromatic carbocycles. The Kier molecular flexibility index (Phi) is 5.50. The van der Waals surface area contributed by atoms with E-state index in [2.05, 4.69) is 4.74 Å². The molecule has 112 valence electrons. The molecule has 0 aromatic heterocycles. The Labute approximate surface area is 122 Å². The number of nitrogens with zero attached hydrogens (tertiary/aromatic N) is 1. The van der Waals surface area contributed by atoms with Gasteiger partial charge in [-0.2, -0.15) is 4.31 Å². The Morgan fingerprint density at radius 2 is 2.05 bits per heavy atom. The van der Waals surface area contributed by atoms with Gasteiger partial charge in [0.25, 0.3) is 0 Å². The zero-order valence-electron chi connectivity index (χ0n) is 11.3. The second-order valence-electron chi connectivity index (χ2n) is 4.27. The Hall–Kier alpha value is -1.18. The third-order valence-electron chi connectivity index (χ3n) is 2.59. The Morgan fingerprint density at radius 1 is 1.45 bits per heavy atom. The van der Waals surface area contributed by atoms with Crippen molar-refractivity contribution in [3.8, 4) is 0 Å². The summed E-state index contributed by atoms with van der Waals surface area (Å²) in [5.74, 6) is -1.77. The van der Waals surface area contributed by atoms with E-state index in [1.807, 2.05) is 0 Å². The maximum Gasteiger partial charge on any atom is 0.321 e. The van der Waals surface area contributed by atoms with Crippen molar-refractivity contribution in [3.63, 3.8) is 0 Å². The smallest absolute Gasteiger partial charge is 0.321 e. The van der Waals surface area contributed by atoms with Crippen LogP contribution in [0.1, 0.15) is 13.8 Å². The van der Waals surface area contributed by atoms with Crippen molar-refractivity contribution in [2.24, 2.45) is 0 Å². The fraction of sp³-hybridized carbons (Fsp3) is 0.417. The average molecular weight is 324 g/mol. The summed E-state index contributed by atoms with van der Waals surface area (Å²) in [5, 5.41) is -0.298. The topological polar surface area (TPSA) is 63.7 Å². The lowest BCUT2D eigenvalue weighted by Gasteiger charge is -2.24. The molecule has 5 nitrogen and oxygen atoms in total. The quantitative estimate of drug-likeness (QED) is 0.778. The molecule has 0 aliphatic carbocycles. The van der Waals surface area contributed by atoms with Crippen molar-refractivity contribution < 1.29 is 22.3 Å². The molecule has 0 aliphatic heterocycles. The molecule has 0 radical (unpaired) electrons. The number of ether oxygens (including phenoxy) is 1. The van der Waals surface area contributed by atoms with Crippen LogP contribution in [-0.2, 0) is 19.6 Å². The maximum absolute atomic E-state index is 13.9. The molecular formula is C12H15ClFNO4S. The third kappa shape index (κ3) is 3.47. The fourth-order valence-electron chi connectivity index (χ4n) is 1.55. The van der Waals surface area contributed by atoms with Crippen LogP contribution in [0.2, 0.25) is 5.02 Å². The predicted octanol–water partition coefficient (Wildman–Crippen LogP) is 2.05. The lowest BCUT2D eigenvalue weighted by atomic mass is 10.3. The van der Waals surface area contributed by atoms with Crippen molar-refractivity contribution in [1.82, 2.24) is 4.31 Å². The van der Waals surface area contributed by atoms with E-state index in [0.717, 1.165) is 17.5 Å². The number of hydrogen-bond acceptors (Lipinski definition) is 4. The molecule has 0 saturated heterocycles. The summed E-state index contributed by atoms with van der Waals surface area (Å²) in [6, 6.07) is 3.13. The molecule has 1 aromatic rings. The highest BCUT2D eigenvalue weighted by molar-refractivity contribution is 7.89. The number of benzene rings is 1. The molecule has 0 amide bonds. The van der Waals surface area contributed by atoms with Gasteiger partial charge >= 0.3 is 5.97 Å². The van der Waals surface area contributed by atoms with E-state index in [1.54, 1.807) is 13.8 Å². The molecule has 0 saturated carbocycles. The first-order valence-corrected chi connectivity index (χ1v) is 7.56. The van der Waals surface area contributed by atoms with Crippen LogP contribution >= 0.6 is 11.6 Å². The van der Waals surface area contributed by atoms with Crippen molar-refractivity contribution in [1.29, 1.82) is 0 Å². The number of esters is 1. The number of methoxy groups -OCH3 is 1. The van der Waals surface area contributed by atoms with Gasteiger partial charge in [-0.15, -0.1) is 0 Å². The van der Waals surface area contributed by atoms with Crippen LogP contribution in [0, 0.1) is 5.82 Å². The van der Waals surface area contributed by atoms with Crippen LogP contribution < -0.4 is 0 Å². The maximum atomic E-state index is 13.9. The van der Waals surface area contributed by atoms with Gasteiger partial charge in [-0.3, -0.25) is 4.79 Å². The van der Waals surface area contributed by atoms with Gasteiger partial charge < -0.3 is 4.74 Å². The summed E-state index contributed by atoms with van der Waals surface area (Å²) in [4.78, 5) is 10.7. The van der Waals surface area contributed by atoms with E-state index in [-0.39, 0.29) is 5.02 Å². The van der Waals surface area contributed by atoms with Gasteiger partial charge in [0.05, 0.1) is 12.1 Å². The first-order valence-electron chi connectivity index (χ1n) is 5.74. The lowest BCUT2D eigenvalue weighted by Crippen LogP contribution is -2.41. The minimum Gasteiger partial charge on any atom is -0.468 e. The monoisotopic (exact) mass is 323 g/mol. The van der Waals surface area contributed by atoms with Gasteiger partial charge in [-0.05, 0) is 26.0 Å². The Morgan fingerprint density at radius 3 is 2.55 bits per heavy atom. The second-order valence-corrected chi connectivity index (χ2v) is 6.54. The summed E-state index contributed by atoms with van der Waals surface area (Å²) < 4.78 is 44.0. The van der Waals surface area contributed by atoms with Crippen molar-refractivity contribution in [2.75, 3.05) is 13.7 Å². The molecule has 1 rings (SSSR count). The normalized spacial score (nSPS) is 11.9. The first-order chi connectivity index (χ1) is 9.21. The SMILES string of the molecule is COC(=O)CN(C(C)C)S(=O)(=O)c1cccc(Cl)c1F. The average Bonchev–Trinajstić information content (AvgIpc) is 2.37. The van der Waals surface area contributed by atoms with Crippen molar-refractivity contribution >= 4 is 27.6 Å². The summed E-state index contributed by atoms with van der Waals surface area (Å²) in [6.45, 7) is 2.65. The molecular weight excluding hydrogens is 309 g/mol. The van der Waals surface area contributed by atoms with Gasteiger partial charge in [-0.25, -0.2) is 12.8 Å². The van der Waals surface area contributed by atoms with Gasteiger partial charge in [0.15, 0.2) is 5.82 Å². The van der Waals surface area contributed by atoms with Crippen LogP contribution in [-0.4, -0.2) is 38.4 Å². The van der Waals surface area contributed by atoms with E-state index in [9.17, 15) is 17.6 Å². The highest BCUT2D eigenvalue weighted by Gasteiger charge is 2.32. The van der Waals surface area contributed by atoms with E-state index < -0.39 is 39.3 Å². The Balaban J connectivity index is 3.30. The number of hydrogen-bond donors (Lipinski definition) is 0. The minimum atomic E-state index is -4.19. The zero-order chi connectivity index (χ0) is 15.5. The number of halogens is 2. The third-order valence-corrected chi connectivity index (χ3v) is 4.92. The molecule has 0 bridgehead atoms. The molecule has 0 unspecified atom stereocenters. The highest BCUT2D eigenvalue weighted by Crippen LogP contribution is 2.25. The molecule has 0 atom stereocenters. The van der Waals surface area contributed by atoms with Gasteiger partial charge in [0.2, 0.25) is 10.0 Å². The highest BCUT2D eigenvalue weighted by atomic mass is 35.5. The Bertz CT molecular complexity index is 603. The molecule has 20 heavy (non-hydrogen) atoms. The summed E-state index contributed by atoms with van der Waals surface area (Å²) in [6.07, 6.45) is 0. The number of sulfonamides is 1. The van der Waals surface area contributed by atoms with Crippen molar-refractivity contribution in [3.05, 3.63) is 29.0 Å². The van der Waals surface area contributed by atoms with Crippen LogP contribution in [0.25, 0.3) is 0 Å². The molecule has 0 heterocycles. The minimum absolute atomic E-state index is 0.298. The number of carbonyl (C=O) groups is 1. The largest absolute Gasteiger partial charge is 0.468 e. The standard InChI is InChI=1S/C12H15ClFNO4S/c1-8(2)15(7-11(16)19-3)20(17,18)10-6-4-5-9(13)12(10)14/h4-6,8H,7H2,1-3H3. The zero-order valence-corrected chi connectivity index (χ0v) is 12.8. The van der Waals surface area contributed by atoms with Gasteiger partial charge in [0, 0.05) is 6.04 Å². The van der Waals surface area contributed by atoms with E-state index >= 15 is 0 Å². The summed E-state index contributed by atoms with van der Waals surface area (Å²) in [5.41, 5.74) is 0. The van der Waals surface area contributed by atoms with E-state index in [0.29, 0.717) is 0 Å². The fourth-order valence-corrected chi connectivity index (χ4v) is 3.45. The van der Waals surface area contributed by atoms with Crippen LogP contribution in [0.3, 0.4) is 0 Å². The predicted molar refractivity (Wildman–Crippen MR) is 72.5 cm³/mol. The molecule has 0 spiro atoms. The van der Waals surface area contributed by atoms with Crippen LogP contribution in [0.5, 0.6) is 0 Å². The molecule has 8 heteroatoms. The van der Waals surface area contributed by atoms with Gasteiger partial charge in [0.1, 0.15) is 11.4 Å². The summed E-state index contributed by atoms with van der Waals surface area (Å²) in [7, 11) is -3.04. The van der Waals surface area contributed by atoms with E-state index in [1.165, 1.54) is 12.1 Å². The summed E-state index contributed by atoms with van der Waals surface area (Å²) >= 11 is 5.59. The number of carbonyl (C=O) groups excluding carboxylic acids is 1. The second kappa shape index (κ2) is 6.51. The van der Waals surface area contributed by atoms with Crippen LogP contribution in [0.4, 0.5) is 4.39 Å². The molecule has 0 fully saturated rings. The molecule has 0 aliphatic rings. The van der Waals surface area contributed by atoms with Gasteiger partial charge in [-0.1, -0.05) is 17.7 Å². The molecule has 0 N–H and O–H groups in total. The first kappa shape index (κ1) is 16.9.